The SMILES string of the molecule is CC(C)CC1NC(C)N(C2CCCN(C)C2)C1=O. The predicted octanol–water partition coefficient (Wildman–Crippen LogP) is 1.27. The van der Waals surface area contributed by atoms with Crippen LogP contribution in [-0.4, -0.2) is 54.1 Å². The molecule has 2 rings (SSSR count). The molecule has 0 aliphatic carbocycles. The highest BCUT2D eigenvalue weighted by Crippen LogP contribution is 2.23. The molecule has 0 aromatic carbocycles. The van der Waals surface area contributed by atoms with Gasteiger partial charge in [-0.3, -0.25) is 10.1 Å². The summed E-state index contributed by atoms with van der Waals surface area (Å²) in [7, 11) is 2.15. The van der Waals surface area contributed by atoms with Gasteiger partial charge >= 0.3 is 0 Å². The van der Waals surface area contributed by atoms with Crippen LogP contribution in [0.4, 0.5) is 0 Å². The maximum absolute atomic E-state index is 12.5. The summed E-state index contributed by atoms with van der Waals surface area (Å²) in [5.74, 6) is 0.879. The molecule has 1 N–H and O–H groups in total. The van der Waals surface area contributed by atoms with Crippen molar-refractivity contribution >= 4 is 5.91 Å². The van der Waals surface area contributed by atoms with E-state index in [0.717, 1.165) is 25.9 Å². The Morgan fingerprint density at radius 3 is 2.78 bits per heavy atom. The van der Waals surface area contributed by atoms with E-state index in [1.165, 1.54) is 6.42 Å². The van der Waals surface area contributed by atoms with Crippen molar-refractivity contribution in [3.8, 4) is 0 Å². The molecule has 3 atom stereocenters. The Hall–Kier alpha value is -0.610. The van der Waals surface area contributed by atoms with E-state index in [2.05, 4.69) is 42.9 Å². The number of carbonyl (C=O) groups excluding carboxylic acids is 1. The van der Waals surface area contributed by atoms with Gasteiger partial charge in [0.2, 0.25) is 5.91 Å². The van der Waals surface area contributed by atoms with Gasteiger partial charge in [0.15, 0.2) is 0 Å². The van der Waals surface area contributed by atoms with Crippen molar-refractivity contribution < 1.29 is 4.79 Å². The quantitative estimate of drug-likeness (QED) is 0.823. The average molecular weight is 253 g/mol. The summed E-state index contributed by atoms with van der Waals surface area (Å²) in [6.07, 6.45) is 3.49. The van der Waals surface area contributed by atoms with Gasteiger partial charge in [0.25, 0.3) is 0 Å². The summed E-state index contributed by atoms with van der Waals surface area (Å²) in [6.45, 7) is 8.65. The largest absolute Gasteiger partial charge is 0.322 e. The first kappa shape index (κ1) is 13.8. The molecular weight excluding hydrogens is 226 g/mol. The monoisotopic (exact) mass is 253 g/mol. The highest BCUT2D eigenvalue weighted by atomic mass is 16.2. The summed E-state index contributed by atoms with van der Waals surface area (Å²) in [6, 6.07) is 0.433. The number of likely N-dealkylation sites (tertiary alicyclic amines) is 1. The molecule has 0 spiro atoms. The smallest absolute Gasteiger partial charge is 0.241 e. The van der Waals surface area contributed by atoms with Crippen molar-refractivity contribution in [3.05, 3.63) is 0 Å². The lowest BCUT2D eigenvalue weighted by Gasteiger charge is -2.37. The Morgan fingerprint density at radius 2 is 2.17 bits per heavy atom. The molecule has 4 nitrogen and oxygen atoms in total. The fraction of sp³-hybridized carbons (Fsp3) is 0.929. The van der Waals surface area contributed by atoms with Gasteiger partial charge in [-0.25, -0.2) is 0 Å². The fourth-order valence-corrected chi connectivity index (χ4v) is 3.32. The summed E-state index contributed by atoms with van der Waals surface area (Å²) in [5.41, 5.74) is 0. The number of hydrogen-bond donors (Lipinski definition) is 1. The summed E-state index contributed by atoms with van der Waals surface area (Å²) in [5, 5.41) is 3.46. The number of rotatable bonds is 3. The second-order valence-electron chi connectivity index (χ2n) is 6.33. The standard InChI is InChI=1S/C14H27N3O/c1-10(2)8-13-14(18)17(11(3)15-13)12-6-5-7-16(4)9-12/h10-13,15H,5-9H2,1-4H3. The minimum Gasteiger partial charge on any atom is -0.322 e. The number of carbonyl (C=O) groups is 1. The summed E-state index contributed by atoms with van der Waals surface area (Å²) >= 11 is 0. The Labute approximate surface area is 111 Å². The molecule has 2 saturated heterocycles. The van der Waals surface area contributed by atoms with Crippen LogP contribution in [-0.2, 0) is 4.79 Å². The van der Waals surface area contributed by atoms with Crippen molar-refractivity contribution in [2.24, 2.45) is 5.92 Å². The summed E-state index contributed by atoms with van der Waals surface area (Å²) in [4.78, 5) is 16.9. The molecule has 2 fully saturated rings. The molecule has 0 radical (unpaired) electrons. The molecule has 2 heterocycles. The molecule has 104 valence electrons. The molecule has 1 amide bonds. The van der Waals surface area contributed by atoms with E-state index < -0.39 is 0 Å². The second kappa shape index (κ2) is 5.57. The van der Waals surface area contributed by atoms with Crippen LogP contribution in [0.25, 0.3) is 0 Å². The van der Waals surface area contributed by atoms with Gasteiger partial charge in [-0.2, -0.15) is 0 Å². The van der Waals surface area contributed by atoms with Crippen LogP contribution in [0.3, 0.4) is 0 Å². The minimum atomic E-state index is 0.0345. The van der Waals surface area contributed by atoms with Gasteiger partial charge in [-0.05, 0) is 45.7 Å². The molecule has 0 bridgehead atoms. The third-order valence-corrected chi connectivity index (χ3v) is 4.11. The van der Waals surface area contributed by atoms with Gasteiger partial charge in [0.05, 0.1) is 12.2 Å². The Bertz CT molecular complexity index is 305. The number of nitrogens with zero attached hydrogens (tertiary/aromatic N) is 2. The lowest BCUT2D eigenvalue weighted by atomic mass is 10.0. The van der Waals surface area contributed by atoms with Gasteiger partial charge in [-0.15, -0.1) is 0 Å². The molecule has 2 aliphatic rings. The average Bonchev–Trinajstić information content (AvgIpc) is 2.53. The van der Waals surface area contributed by atoms with Crippen molar-refractivity contribution in [1.82, 2.24) is 15.1 Å². The number of amides is 1. The van der Waals surface area contributed by atoms with Crippen LogP contribution in [0.2, 0.25) is 0 Å². The van der Waals surface area contributed by atoms with Gasteiger partial charge in [0.1, 0.15) is 0 Å². The van der Waals surface area contributed by atoms with Crippen LogP contribution >= 0.6 is 0 Å². The normalized spacial score (nSPS) is 34.6. The molecule has 0 aromatic rings. The van der Waals surface area contributed by atoms with Crippen molar-refractivity contribution in [3.63, 3.8) is 0 Å². The van der Waals surface area contributed by atoms with Crippen LogP contribution in [0.5, 0.6) is 0 Å². The molecule has 0 saturated carbocycles. The Kier molecular flexibility index (Phi) is 4.28. The first-order valence-corrected chi connectivity index (χ1v) is 7.25. The molecule has 0 aromatic heterocycles. The van der Waals surface area contributed by atoms with E-state index in [1.54, 1.807) is 0 Å². The van der Waals surface area contributed by atoms with E-state index in [-0.39, 0.29) is 12.2 Å². The molecule has 4 heteroatoms. The zero-order chi connectivity index (χ0) is 13.3. The first-order valence-electron chi connectivity index (χ1n) is 7.25. The van der Waals surface area contributed by atoms with Crippen molar-refractivity contribution in [1.29, 1.82) is 0 Å². The second-order valence-corrected chi connectivity index (χ2v) is 6.33. The van der Waals surface area contributed by atoms with E-state index >= 15 is 0 Å². The molecular formula is C14H27N3O. The number of likely N-dealkylation sites (N-methyl/N-ethyl adjacent to an activating group) is 1. The zero-order valence-electron chi connectivity index (χ0n) is 12.1. The Balaban J connectivity index is 2.01. The topological polar surface area (TPSA) is 35.6 Å². The fourth-order valence-electron chi connectivity index (χ4n) is 3.32. The highest BCUT2D eigenvalue weighted by molar-refractivity contribution is 5.84. The number of piperidine rings is 1. The lowest BCUT2D eigenvalue weighted by molar-refractivity contribution is -0.133. The Morgan fingerprint density at radius 1 is 1.44 bits per heavy atom. The molecule has 3 unspecified atom stereocenters. The van der Waals surface area contributed by atoms with Crippen molar-refractivity contribution in [2.45, 2.75) is 58.3 Å². The highest BCUT2D eigenvalue weighted by Gasteiger charge is 2.41. The van der Waals surface area contributed by atoms with Crippen molar-refractivity contribution in [2.75, 3.05) is 20.1 Å². The minimum absolute atomic E-state index is 0.0345. The maximum atomic E-state index is 12.5. The van der Waals surface area contributed by atoms with Gasteiger partial charge < -0.3 is 9.80 Å². The van der Waals surface area contributed by atoms with E-state index in [9.17, 15) is 4.79 Å². The van der Waals surface area contributed by atoms with Crippen LogP contribution in [0.15, 0.2) is 0 Å². The third-order valence-electron chi connectivity index (χ3n) is 4.11. The number of nitrogens with one attached hydrogen (secondary N) is 1. The van der Waals surface area contributed by atoms with E-state index in [1.807, 2.05) is 0 Å². The maximum Gasteiger partial charge on any atom is 0.241 e. The summed E-state index contributed by atoms with van der Waals surface area (Å²) < 4.78 is 0. The lowest BCUT2D eigenvalue weighted by Crippen LogP contribution is -2.50. The van der Waals surface area contributed by atoms with Crippen LogP contribution in [0, 0.1) is 5.92 Å². The van der Waals surface area contributed by atoms with Crippen LogP contribution < -0.4 is 5.32 Å². The third kappa shape index (κ3) is 2.86. The van der Waals surface area contributed by atoms with Gasteiger partial charge in [-0.1, -0.05) is 13.8 Å². The molecule has 2 aliphatic heterocycles. The van der Waals surface area contributed by atoms with Crippen LogP contribution in [0.1, 0.15) is 40.0 Å². The predicted molar refractivity (Wildman–Crippen MR) is 73.2 cm³/mol. The molecule has 18 heavy (non-hydrogen) atoms. The first-order chi connectivity index (χ1) is 8.49. The number of hydrogen-bond acceptors (Lipinski definition) is 3. The van der Waals surface area contributed by atoms with E-state index in [4.69, 9.17) is 0 Å². The van der Waals surface area contributed by atoms with Gasteiger partial charge in [0, 0.05) is 12.6 Å². The van der Waals surface area contributed by atoms with E-state index in [0.29, 0.717) is 17.9 Å². The zero-order valence-corrected chi connectivity index (χ0v) is 12.1.